The third-order valence-electron chi connectivity index (χ3n) is 1.34. The molecule has 3 heteroatoms. The third-order valence-corrected chi connectivity index (χ3v) is 1.34. The summed E-state index contributed by atoms with van der Waals surface area (Å²) in [5.74, 6) is 0. The first-order valence-corrected chi connectivity index (χ1v) is 3.52. The Morgan fingerprint density at radius 1 is 0.900 bits per heavy atom. The van der Waals surface area contributed by atoms with Gasteiger partial charge in [0.1, 0.15) is 0 Å². The fourth-order valence-corrected chi connectivity index (χ4v) is 0.671. The highest BCUT2D eigenvalue weighted by atomic mass is 35.5. The van der Waals surface area contributed by atoms with E-state index in [0.29, 0.717) is 0 Å². The zero-order valence-electron chi connectivity index (χ0n) is 7.42. The smallest absolute Gasteiger partial charge is 0.0319 e. The topological polar surface area (TPSA) is 23.5 Å². The zero-order valence-corrected chi connectivity index (χ0v) is 8.24. The average Bonchev–Trinajstić information content (AvgIpc) is 1.96. The molecule has 0 rings (SSSR count). The minimum absolute atomic E-state index is 0. The Balaban J connectivity index is -0.000000149. The predicted octanol–water partition coefficient (Wildman–Crippen LogP) is 1.38. The van der Waals surface area contributed by atoms with Gasteiger partial charge in [-0.2, -0.15) is 0 Å². The van der Waals surface area contributed by atoms with Gasteiger partial charge >= 0.3 is 0 Å². The van der Waals surface area contributed by atoms with Crippen LogP contribution in [0.3, 0.4) is 0 Å². The van der Waals surface area contributed by atoms with Crippen LogP contribution in [0.25, 0.3) is 0 Å². The Morgan fingerprint density at radius 3 is 1.10 bits per heavy atom. The standard InChI is InChI=1S/C6H15N.CH4O.ClH/c1-4-7(5-2)6-3;1-2;/h4-6H2,1-3H3;2H,1H3;1H. The summed E-state index contributed by atoms with van der Waals surface area (Å²) in [7, 11) is 1.00. The van der Waals surface area contributed by atoms with Crippen LogP contribution in [0.1, 0.15) is 20.8 Å². The fourth-order valence-electron chi connectivity index (χ4n) is 0.671. The van der Waals surface area contributed by atoms with Crippen molar-refractivity contribution in [2.24, 2.45) is 0 Å². The van der Waals surface area contributed by atoms with Crippen molar-refractivity contribution in [3.63, 3.8) is 0 Å². The molecule has 0 fully saturated rings. The molecule has 0 aliphatic rings. The van der Waals surface area contributed by atoms with E-state index in [9.17, 15) is 0 Å². The molecule has 0 saturated heterocycles. The maximum absolute atomic E-state index is 7.00. The molecule has 0 radical (unpaired) electrons. The second-order valence-corrected chi connectivity index (χ2v) is 1.62. The predicted molar refractivity (Wildman–Crippen MR) is 48.9 cm³/mol. The van der Waals surface area contributed by atoms with Crippen molar-refractivity contribution >= 4 is 12.4 Å². The zero-order chi connectivity index (χ0) is 7.70. The molecule has 1 N–H and O–H groups in total. The molecule has 0 amide bonds. The Morgan fingerprint density at radius 2 is 1.10 bits per heavy atom. The molecule has 0 aromatic carbocycles. The average molecular weight is 170 g/mol. The minimum atomic E-state index is 0. The van der Waals surface area contributed by atoms with E-state index in [2.05, 4.69) is 25.7 Å². The van der Waals surface area contributed by atoms with Crippen molar-refractivity contribution in [3.8, 4) is 0 Å². The largest absolute Gasteiger partial charge is 0.400 e. The summed E-state index contributed by atoms with van der Waals surface area (Å²) in [6, 6.07) is 0. The molecule has 0 unspecified atom stereocenters. The fraction of sp³-hybridized carbons (Fsp3) is 1.00. The first-order valence-electron chi connectivity index (χ1n) is 3.52. The Hall–Kier alpha value is 0.210. The number of nitrogens with zero attached hydrogens (tertiary/aromatic N) is 1. The summed E-state index contributed by atoms with van der Waals surface area (Å²) in [6.07, 6.45) is 0. The van der Waals surface area contributed by atoms with Crippen LogP contribution in [-0.2, 0) is 0 Å². The first kappa shape index (κ1) is 16.7. The molecule has 0 aliphatic carbocycles. The summed E-state index contributed by atoms with van der Waals surface area (Å²) in [4.78, 5) is 2.38. The van der Waals surface area contributed by atoms with Crippen molar-refractivity contribution in [2.45, 2.75) is 20.8 Å². The van der Waals surface area contributed by atoms with Crippen LogP contribution in [0.5, 0.6) is 0 Å². The molecule has 10 heavy (non-hydrogen) atoms. The second kappa shape index (κ2) is 16.1. The van der Waals surface area contributed by atoms with Crippen molar-refractivity contribution in [2.75, 3.05) is 26.7 Å². The van der Waals surface area contributed by atoms with Crippen molar-refractivity contribution in [3.05, 3.63) is 0 Å². The van der Waals surface area contributed by atoms with Crippen LogP contribution < -0.4 is 0 Å². The van der Waals surface area contributed by atoms with Crippen LogP contribution in [-0.4, -0.2) is 36.8 Å². The van der Waals surface area contributed by atoms with Gasteiger partial charge in [0.25, 0.3) is 0 Å². The van der Waals surface area contributed by atoms with Crippen LogP contribution in [0.2, 0.25) is 0 Å². The van der Waals surface area contributed by atoms with E-state index in [-0.39, 0.29) is 12.4 Å². The Labute approximate surface area is 70.6 Å². The van der Waals surface area contributed by atoms with E-state index in [4.69, 9.17) is 5.11 Å². The molecule has 0 bridgehead atoms. The van der Waals surface area contributed by atoms with Crippen LogP contribution in [0, 0.1) is 0 Å². The minimum Gasteiger partial charge on any atom is -0.400 e. The summed E-state index contributed by atoms with van der Waals surface area (Å²) in [5, 5.41) is 7.00. The molecule has 0 aliphatic heterocycles. The molecule has 66 valence electrons. The van der Waals surface area contributed by atoms with Crippen molar-refractivity contribution in [1.82, 2.24) is 4.90 Å². The van der Waals surface area contributed by atoms with Gasteiger partial charge in [0.05, 0.1) is 0 Å². The van der Waals surface area contributed by atoms with E-state index in [1.807, 2.05) is 0 Å². The quantitative estimate of drug-likeness (QED) is 0.690. The monoisotopic (exact) mass is 169 g/mol. The summed E-state index contributed by atoms with van der Waals surface area (Å²) < 4.78 is 0. The summed E-state index contributed by atoms with van der Waals surface area (Å²) in [6.45, 7) is 10.1. The number of halogens is 1. The van der Waals surface area contributed by atoms with Gasteiger partial charge in [-0.05, 0) is 19.6 Å². The number of aliphatic hydroxyl groups is 1. The maximum Gasteiger partial charge on any atom is 0.0319 e. The highest BCUT2D eigenvalue weighted by molar-refractivity contribution is 5.85. The van der Waals surface area contributed by atoms with E-state index in [0.717, 1.165) is 7.11 Å². The number of rotatable bonds is 3. The molecule has 0 spiro atoms. The molecular formula is C7H20ClNO. The van der Waals surface area contributed by atoms with E-state index >= 15 is 0 Å². The third kappa shape index (κ3) is 11.1. The van der Waals surface area contributed by atoms with Gasteiger partial charge in [0, 0.05) is 7.11 Å². The number of aliphatic hydroxyl groups excluding tert-OH is 1. The highest BCUT2D eigenvalue weighted by Gasteiger charge is 1.89. The lowest BCUT2D eigenvalue weighted by atomic mass is 10.5. The van der Waals surface area contributed by atoms with Gasteiger partial charge in [-0.1, -0.05) is 20.8 Å². The van der Waals surface area contributed by atoms with Crippen LogP contribution in [0.15, 0.2) is 0 Å². The normalized spacial score (nSPS) is 7.80. The van der Waals surface area contributed by atoms with Gasteiger partial charge in [0.15, 0.2) is 0 Å². The lowest BCUT2D eigenvalue weighted by Gasteiger charge is -2.13. The Kier molecular flexibility index (Phi) is 26.8. The van der Waals surface area contributed by atoms with Gasteiger partial charge in [0.2, 0.25) is 0 Å². The lowest BCUT2D eigenvalue weighted by molar-refractivity contribution is 0.321. The second-order valence-electron chi connectivity index (χ2n) is 1.62. The SMILES string of the molecule is CCN(CC)CC.CO.Cl. The van der Waals surface area contributed by atoms with Gasteiger partial charge < -0.3 is 10.0 Å². The lowest BCUT2D eigenvalue weighted by Crippen LogP contribution is -2.21. The molecule has 2 nitrogen and oxygen atoms in total. The number of hydrogen-bond acceptors (Lipinski definition) is 2. The van der Waals surface area contributed by atoms with Gasteiger partial charge in [-0.15, -0.1) is 12.4 Å². The van der Waals surface area contributed by atoms with Gasteiger partial charge in [-0.25, -0.2) is 0 Å². The van der Waals surface area contributed by atoms with Crippen molar-refractivity contribution < 1.29 is 5.11 Å². The van der Waals surface area contributed by atoms with E-state index in [1.54, 1.807) is 0 Å². The van der Waals surface area contributed by atoms with Crippen LogP contribution >= 0.6 is 12.4 Å². The molecule has 0 aromatic rings. The summed E-state index contributed by atoms with van der Waals surface area (Å²) in [5.41, 5.74) is 0. The first-order chi connectivity index (χ1) is 4.35. The van der Waals surface area contributed by atoms with E-state index < -0.39 is 0 Å². The molecule has 0 atom stereocenters. The van der Waals surface area contributed by atoms with Gasteiger partial charge in [-0.3, -0.25) is 0 Å². The Bertz CT molecular complexity index is 35.1. The molecule has 0 aromatic heterocycles. The molecular weight excluding hydrogens is 150 g/mol. The highest BCUT2D eigenvalue weighted by Crippen LogP contribution is 1.81. The molecule has 0 saturated carbocycles. The summed E-state index contributed by atoms with van der Waals surface area (Å²) >= 11 is 0. The van der Waals surface area contributed by atoms with Crippen molar-refractivity contribution in [1.29, 1.82) is 0 Å². The molecule has 0 heterocycles. The van der Waals surface area contributed by atoms with Crippen LogP contribution in [0.4, 0.5) is 0 Å². The van der Waals surface area contributed by atoms with E-state index in [1.165, 1.54) is 19.6 Å². The maximum atomic E-state index is 7.00. The number of hydrogen-bond donors (Lipinski definition) is 1.